The van der Waals surface area contributed by atoms with Crippen LogP contribution >= 0.6 is 0 Å². The summed E-state index contributed by atoms with van der Waals surface area (Å²) in [5.41, 5.74) is 3.40. The summed E-state index contributed by atoms with van der Waals surface area (Å²) >= 11 is 0. The van der Waals surface area contributed by atoms with E-state index in [1.807, 2.05) is 0 Å². The van der Waals surface area contributed by atoms with Crippen molar-refractivity contribution < 1.29 is 19.5 Å². The van der Waals surface area contributed by atoms with Gasteiger partial charge in [-0.25, -0.2) is 10.3 Å². The highest BCUT2D eigenvalue weighted by molar-refractivity contribution is 6.06. The van der Waals surface area contributed by atoms with Crippen LogP contribution in [0.4, 0.5) is 0 Å². The second kappa shape index (κ2) is 4.76. The Kier molecular flexibility index (Phi) is 3.63. The molecule has 0 aliphatic heterocycles. The predicted molar refractivity (Wildman–Crippen MR) is 57.4 cm³/mol. The number of carbonyl (C=O) groups excluding carboxylic acids is 1. The molecule has 0 radical (unpaired) electrons. The standard InChI is InChI=1S/C11H13NO4/c1-6-4-5-7(2)9(11(14)15)8(6)10(13)12-16-3/h4-5H,1-3H3,(H,12,13)(H,14,15). The molecule has 0 aliphatic rings. The Morgan fingerprint density at radius 3 is 2.12 bits per heavy atom. The van der Waals surface area contributed by atoms with Crippen LogP contribution in [0.2, 0.25) is 0 Å². The topological polar surface area (TPSA) is 75.6 Å². The van der Waals surface area contributed by atoms with E-state index in [1.54, 1.807) is 26.0 Å². The SMILES string of the molecule is CONC(=O)c1c(C)ccc(C)c1C(=O)O. The first-order valence-corrected chi connectivity index (χ1v) is 4.65. The van der Waals surface area contributed by atoms with Gasteiger partial charge >= 0.3 is 5.97 Å². The predicted octanol–water partition coefficient (Wildman–Crippen LogP) is 1.29. The minimum absolute atomic E-state index is 0.00884. The first-order valence-electron chi connectivity index (χ1n) is 4.65. The van der Waals surface area contributed by atoms with Crippen LogP contribution in [0.3, 0.4) is 0 Å². The van der Waals surface area contributed by atoms with Gasteiger partial charge in [-0.1, -0.05) is 12.1 Å². The maximum Gasteiger partial charge on any atom is 0.336 e. The molecule has 0 spiro atoms. The van der Waals surface area contributed by atoms with Crippen LogP contribution in [0.1, 0.15) is 31.8 Å². The number of carboxylic acids is 1. The molecule has 0 saturated heterocycles. The van der Waals surface area contributed by atoms with Crippen molar-refractivity contribution in [2.75, 3.05) is 7.11 Å². The fourth-order valence-corrected chi connectivity index (χ4v) is 1.52. The molecule has 0 saturated carbocycles. The number of aryl methyl sites for hydroxylation is 2. The minimum Gasteiger partial charge on any atom is -0.478 e. The largest absolute Gasteiger partial charge is 0.478 e. The van der Waals surface area contributed by atoms with Gasteiger partial charge in [0.25, 0.3) is 5.91 Å². The zero-order chi connectivity index (χ0) is 12.3. The Hall–Kier alpha value is -1.88. The molecule has 0 unspecified atom stereocenters. The van der Waals surface area contributed by atoms with Gasteiger partial charge in [0.05, 0.1) is 18.2 Å². The lowest BCUT2D eigenvalue weighted by atomic mass is 9.97. The molecule has 1 aromatic carbocycles. The molecule has 1 rings (SSSR count). The maximum absolute atomic E-state index is 11.6. The normalized spacial score (nSPS) is 9.94. The highest BCUT2D eigenvalue weighted by Gasteiger charge is 2.20. The van der Waals surface area contributed by atoms with Crippen molar-refractivity contribution >= 4 is 11.9 Å². The quantitative estimate of drug-likeness (QED) is 0.757. The Morgan fingerprint density at radius 2 is 1.69 bits per heavy atom. The van der Waals surface area contributed by atoms with Gasteiger partial charge < -0.3 is 5.11 Å². The van der Waals surface area contributed by atoms with Crippen LogP contribution in [-0.2, 0) is 4.84 Å². The lowest BCUT2D eigenvalue weighted by Gasteiger charge is -2.11. The number of nitrogens with one attached hydrogen (secondary N) is 1. The zero-order valence-electron chi connectivity index (χ0n) is 9.33. The average Bonchev–Trinajstić information content (AvgIpc) is 2.20. The van der Waals surface area contributed by atoms with Crippen LogP contribution in [0, 0.1) is 13.8 Å². The van der Waals surface area contributed by atoms with Crippen molar-refractivity contribution in [3.63, 3.8) is 0 Å². The molecule has 0 aliphatic carbocycles. The highest BCUT2D eigenvalue weighted by Crippen LogP contribution is 2.18. The van der Waals surface area contributed by atoms with E-state index in [9.17, 15) is 9.59 Å². The molecule has 2 N–H and O–H groups in total. The fraction of sp³-hybridized carbons (Fsp3) is 0.273. The molecule has 5 nitrogen and oxygen atoms in total. The van der Waals surface area contributed by atoms with Gasteiger partial charge in [0, 0.05) is 0 Å². The number of hydrogen-bond donors (Lipinski definition) is 2. The van der Waals surface area contributed by atoms with Crippen molar-refractivity contribution in [1.29, 1.82) is 0 Å². The summed E-state index contributed by atoms with van der Waals surface area (Å²) in [5.74, 6) is -1.68. The van der Waals surface area contributed by atoms with Gasteiger partial charge in [-0.05, 0) is 25.0 Å². The molecule has 0 fully saturated rings. The summed E-state index contributed by atoms with van der Waals surface area (Å²) in [7, 11) is 1.30. The second-order valence-corrected chi connectivity index (χ2v) is 3.39. The minimum atomic E-state index is -1.12. The molecular weight excluding hydrogens is 210 g/mol. The third-order valence-corrected chi connectivity index (χ3v) is 2.26. The lowest BCUT2D eigenvalue weighted by molar-refractivity contribution is 0.0528. The van der Waals surface area contributed by atoms with Crippen molar-refractivity contribution in [1.82, 2.24) is 5.48 Å². The van der Waals surface area contributed by atoms with E-state index in [-0.39, 0.29) is 11.1 Å². The Labute approximate surface area is 93.0 Å². The van der Waals surface area contributed by atoms with Gasteiger partial charge in [0.1, 0.15) is 0 Å². The van der Waals surface area contributed by atoms with Gasteiger partial charge in [-0.15, -0.1) is 0 Å². The third kappa shape index (κ3) is 2.20. The molecule has 0 bridgehead atoms. The molecule has 5 heteroatoms. The van der Waals surface area contributed by atoms with Crippen molar-refractivity contribution in [3.8, 4) is 0 Å². The molecule has 0 aromatic heterocycles. The summed E-state index contributed by atoms with van der Waals surface area (Å²) in [6.07, 6.45) is 0. The van der Waals surface area contributed by atoms with E-state index in [0.29, 0.717) is 11.1 Å². The van der Waals surface area contributed by atoms with Crippen LogP contribution in [0.25, 0.3) is 0 Å². The van der Waals surface area contributed by atoms with Crippen molar-refractivity contribution in [2.45, 2.75) is 13.8 Å². The monoisotopic (exact) mass is 223 g/mol. The number of carbonyl (C=O) groups is 2. The molecule has 86 valence electrons. The summed E-state index contributed by atoms with van der Waals surface area (Å²) < 4.78 is 0. The van der Waals surface area contributed by atoms with Crippen molar-refractivity contribution in [2.24, 2.45) is 0 Å². The smallest absolute Gasteiger partial charge is 0.336 e. The van der Waals surface area contributed by atoms with Crippen molar-refractivity contribution in [3.05, 3.63) is 34.4 Å². The number of rotatable bonds is 3. The number of amides is 1. The molecule has 0 heterocycles. The summed E-state index contributed by atoms with van der Waals surface area (Å²) in [5, 5.41) is 9.07. The van der Waals surface area contributed by atoms with E-state index in [0.717, 1.165) is 0 Å². The zero-order valence-corrected chi connectivity index (χ0v) is 9.33. The maximum atomic E-state index is 11.6. The molecule has 16 heavy (non-hydrogen) atoms. The molecule has 1 amide bonds. The summed E-state index contributed by atoms with van der Waals surface area (Å²) in [4.78, 5) is 27.2. The summed E-state index contributed by atoms with van der Waals surface area (Å²) in [6, 6.07) is 3.37. The molecule has 0 atom stereocenters. The van der Waals surface area contributed by atoms with E-state index in [1.165, 1.54) is 7.11 Å². The summed E-state index contributed by atoms with van der Waals surface area (Å²) in [6.45, 7) is 3.32. The van der Waals surface area contributed by atoms with E-state index >= 15 is 0 Å². The lowest BCUT2D eigenvalue weighted by Crippen LogP contribution is -2.25. The van der Waals surface area contributed by atoms with Gasteiger partial charge in [-0.2, -0.15) is 0 Å². The highest BCUT2D eigenvalue weighted by atomic mass is 16.6. The van der Waals surface area contributed by atoms with Crippen LogP contribution in [0.15, 0.2) is 12.1 Å². The molecule has 1 aromatic rings. The number of aromatic carboxylic acids is 1. The van der Waals surface area contributed by atoms with E-state index in [4.69, 9.17) is 5.11 Å². The molecular formula is C11H13NO4. The number of hydroxylamine groups is 1. The fourth-order valence-electron chi connectivity index (χ4n) is 1.52. The average molecular weight is 223 g/mol. The van der Waals surface area contributed by atoms with Crippen LogP contribution in [0.5, 0.6) is 0 Å². The third-order valence-electron chi connectivity index (χ3n) is 2.26. The number of hydrogen-bond acceptors (Lipinski definition) is 3. The van der Waals surface area contributed by atoms with Gasteiger partial charge in [-0.3, -0.25) is 9.63 Å². The first-order chi connectivity index (χ1) is 7.49. The van der Waals surface area contributed by atoms with Gasteiger partial charge in [0.15, 0.2) is 0 Å². The van der Waals surface area contributed by atoms with Crippen LogP contribution < -0.4 is 5.48 Å². The number of carboxylic acid groups (broad SMARTS) is 1. The number of benzene rings is 1. The Bertz CT molecular complexity index is 440. The first kappa shape index (κ1) is 12.2. The Morgan fingerprint density at radius 1 is 1.19 bits per heavy atom. The van der Waals surface area contributed by atoms with Gasteiger partial charge in [0.2, 0.25) is 0 Å². The second-order valence-electron chi connectivity index (χ2n) is 3.39. The van der Waals surface area contributed by atoms with E-state index < -0.39 is 11.9 Å². The Balaban J connectivity index is 3.40. The van der Waals surface area contributed by atoms with E-state index in [2.05, 4.69) is 10.3 Å². The van der Waals surface area contributed by atoms with Crippen LogP contribution in [-0.4, -0.2) is 24.1 Å².